The van der Waals surface area contributed by atoms with Crippen LogP contribution >= 0.6 is 23.1 Å². The number of hydrogen-bond acceptors (Lipinski definition) is 4. The van der Waals surface area contributed by atoms with Crippen LogP contribution < -0.4 is 5.32 Å². The van der Waals surface area contributed by atoms with Gasteiger partial charge in [0, 0.05) is 29.5 Å². The zero-order valence-electron chi connectivity index (χ0n) is 10.3. The van der Waals surface area contributed by atoms with E-state index in [1.807, 2.05) is 18.7 Å². The second kappa shape index (κ2) is 8.55. The molecule has 0 saturated heterocycles. The van der Waals surface area contributed by atoms with Crippen molar-refractivity contribution in [3.8, 4) is 0 Å². The van der Waals surface area contributed by atoms with Crippen LogP contribution in [0.3, 0.4) is 0 Å². The summed E-state index contributed by atoms with van der Waals surface area (Å²) in [6, 6.07) is 4.19. The summed E-state index contributed by atoms with van der Waals surface area (Å²) < 4.78 is 5.20. The molecule has 1 rings (SSSR count). The number of carbonyl (C=O) groups excluding carboxylic acids is 1. The Morgan fingerprint density at radius 2 is 2.47 bits per heavy atom. The maximum Gasteiger partial charge on any atom is 0.248 e. The maximum atomic E-state index is 11.5. The van der Waals surface area contributed by atoms with Crippen molar-refractivity contribution in [1.82, 2.24) is 5.32 Å². The molecule has 0 fully saturated rings. The van der Waals surface area contributed by atoms with E-state index in [4.69, 9.17) is 4.74 Å². The van der Waals surface area contributed by atoms with Gasteiger partial charge in [0.05, 0.1) is 0 Å². The quantitative estimate of drug-likeness (QED) is 0.740. The highest BCUT2D eigenvalue weighted by molar-refractivity contribution is 7.98. The van der Waals surface area contributed by atoms with Gasteiger partial charge in [0.2, 0.25) is 5.91 Å². The molecule has 1 N–H and O–H groups in total. The molecule has 0 aromatic carbocycles. The summed E-state index contributed by atoms with van der Waals surface area (Å²) in [5.41, 5.74) is 0. The second-order valence-electron chi connectivity index (χ2n) is 3.52. The minimum absolute atomic E-state index is 0.0245. The topological polar surface area (TPSA) is 38.3 Å². The molecule has 0 aliphatic heterocycles. The second-order valence-corrected chi connectivity index (χ2v) is 5.66. The number of ether oxygens (including phenoxy) is 1. The smallest absolute Gasteiger partial charge is 0.248 e. The van der Waals surface area contributed by atoms with E-state index >= 15 is 0 Å². The molecular formula is C12H19NO2S2. The Kier molecular flexibility index (Phi) is 7.32. The lowest BCUT2D eigenvalue weighted by Crippen LogP contribution is -2.35. The van der Waals surface area contributed by atoms with Crippen LogP contribution in [0.4, 0.5) is 0 Å². The Labute approximate surface area is 111 Å². The molecule has 0 radical (unpaired) electrons. The van der Waals surface area contributed by atoms with Crippen molar-refractivity contribution in [3.05, 3.63) is 22.4 Å². The van der Waals surface area contributed by atoms with Gasteiger partial charge >= 0.3 is 0 Å². The molecule has 0 unspecified atom stereocenters. The average Bonchev–Trinajstić information content (AvgIpc) is 2.81. The first-order valence-electron chi connectivity index (χ1n) is 5.73. The Morgan fingerprint density at radius 1 is 1.65 bits per heavy atom. The highest BCUT2D eigenvalue weighted by Gasteiger charge is 2.10. The van der Waals surface area contributed by atoms with E-state index in [0.717, 1.165) is 11.5 Å². The monoisotopic (exact) mass is 273 g/mol. The lowest BCUT2D eigenvalue weighted by molar-refractivity contribution is -0.131. The third-order valence-corrected chi connectivity index (χ3v) is 4.22. The van der Waals surface area contributed by atoms with Gasteiger partial charge in [0.15, 0.2) is 0 Å². The van der Waals surface area contributed by atoms with Crippen LogP contribution in [0, 0.1) is 0 Å². The van der Waals surface area contributed by atoms with Crippen LogP contribution in [0.25, 0.3) is 0 Å². The van der Waals surface area contributed by atoms with Crippen molar-refractivity contribution >= 4 is 29.0 Å². The van der Waals surface area contributed by atoms with Crippen LogP contribution in [0.2, 0.25) is 0 Å². The summed E-state index contributed by atoms with van der Waals surface area (Å²) in [6.07, 6.45) is -0.345. The lowest BCUT2D eigenvalue weighted by Gasteiger charge is -2.11. The van der Waals surface area contributed by atoms with Crippen LogP contribution in [0.15, 0.2) is 17.5 Å². The molecule has 1 amide bonds. The Morgan fingerprint density at radius 3 is 3.12 bits per heavy atom. The fourth-order valence-electron chi connectivity index (χ4n) is 1.28. The highest BCUT2D eigenvalue weighted by atomic mass is 32.2. The summed E-state index contributed by atoms with van der Waals surface area (Å²) in [6.45, 7) is 4.94. The molecule has 96 valence electrons. The van der Waals surface area contributed by atoms with Gasteiger partial charge in [-0.25, -0.2) is 0 Å². The number of nitrogens with one attached hydrogen (secondary N) is 1. The predicted octanol–water partition coefficient (Wildman–Crippen LogP) is 2.52. The molecule has 3 nitrogen and oxygen atoms in total. The number of rotatable bonds is 8. The van der Waals surface area contributed by atoms with Gasteiger partial charge in [-0.2, -0.15) is 11.8 Å². The first kappa shape index (κ1) is 14.5. The molecule has 0 aliphatic carbocycles. The van der Waals surface area contributed by atoms with Crippen LogP contribution in [0.5, 0.6) is 0 Å². The minimum atomic E-state index is -0.345. The average molecular weight is 273 g/mol. The van der Waals surface area contributed by atoms with E-state index in [2.05, 4.69) is 22.8 Å². The van der Waals surface area contributed by atoms with Crippen molar-refractivity contribution in [2.24, 2.45) is 0 Å². The molecule has 17 heavy (non-hydrogen) atoms. The van der Waals surface area contributed by atoms with Gasteiger partial charge in [-0.05, 0) is 25.3 Å². The molecule has 0 aliphatic rings. The van der Waals surface area contributed by atoms with E-state index in [1.165, 1.54) is 4.88 Å². The Hall–Kier alpha value is -0.520. The van der Waals surface area contributed by atoms with E-state index in [0.29, 0.717) is 13.2 Å². The summed E-state index contributed by atoms with van der Waals surface area (Å²) in [5, 5.41) is 4.95. The largest absolute Gasteiger partial charge is 0.369 e. The normalized spacial score (nSPS) is 12.4. The van der Waals surface area contributed by atoms with E-state index in [9.17, 15) is 4.79 Å². The van der Waals surface area contributed by atoms with Gasteiger partial charge in [-0.1, -0.05) is 6.07 Å². The molecule has 0 spiro atoms. The minimum Gasteiger partial charge on any atom is -0.369 e. The number of thioether (sulfide) groups is 1. The molecule has 0 bridgehead atoms. The van der Waals surface area contributed by atoms with Gasteiger partial charge < -0.3 is 10.1 Å². The SMILES string of the molecule is CCO[C@@H](C)C(=O)NCCSCc1cccs1. The lowest BCUT2D eigenvalue weighted by atomic mass is 10.4. The first-order valence-corrected chi connectivity index (χ1v) is 7.77. The predicted molar refractivity (Wildman–Crippen MR) is 74.6 cm³/mol. The van der Waals surface area contributed by atoms with Crippen LogP contribution in [-0.2, 0) is 15.3 Å². The molecule has 1 atom stereocenters. The zero-order chi connectivity index (χ0) is 12.5. The number of hydrogen-bond donors (Lipinski definition) is 1. The van der Waals surface area contributed by atoms with E-state index < -0.39 is 0 Å². The zero-order valence-corrected chi connectivity index (χ0v) is 11.9. The molecule has 5 heteroatoms. The van der Waals surface area contributed by atoms with Crippen molar-refractivity contribution < 1.29 is 9.53 Å². The van der Waals surface area contributed by atoms with Crippen molar-refractivity contribution in [2.75, 3.05) is 18.9 Å². The maximum absolute atomic E-state index is 11.5. The molecule has 1 aromatic heterocycles. The van der Waals surface area contributed by atoms with E-state index in [1.54, 1.807) is 18.3 Å². The first-order chi connectivity index (χ1) is 8.24. The van der Waals surface area contributed by atoms with E-state index in [-0.39, 0.29) is 12.0 Å². The molecule has 1 heterocycles. The summed E-state index contributed by atoms with van der Waals surface area (Å²) >= 11 is 3.60. The molecular weight excluding hydrogens is 254 g/mol. The number of amides is 1. The number of thiophene rings is 1. The van der Waals surface area contributed by atoms with Crippen molar-refractivity contribution in [2.45, 2.75) is 25.7 Å². The van der Waals surface area contributed by atoms with Crippen LogP contribution in [-0.4, -0.2) is 30.9 Å². The summed E-state index contributed by atoms with van der Waals surface area (Å²) in [7, 11) is 0. The van der Waals surface area contributed by atoms with Gasteiger partial charge in [-0.3, -0.25) is 4.79 Å². The number of carbonyl (C=O) groups is 1. The standard InChI is InChI=1S/C12H19NO2S2/c1-3-15-10(2)12(14)13-6-8-16-9-11-5-4-7-17-11/h4-5,7,10H,3,6,8-9H2,1-2H3,(H,13,14)/t10-/m0/s1. The Balaban J connectivity index is 2.02. The molecule has 1 aromatic rings. The third kappa shape index (κ3) is 6.10. The fraction of sp³-hybridized carbons (Fsp3) is 0.583. The van der Waals surface area contributed by atoms with Crippen molar-refractivity contribution in [1.29, 1.82) is 0 Å². The summed E-state index contributed by atoms with van der Waals surface area (Å²) in [4.78, 5) is 12.9. The molecule has 0 saturated carbocycles. The van der Waals surface area contributed by atoms with Gasteiger partial charge in [0.25, 0.3) is 0 Å². The van der Waals surface area contributed by atoms with Crippen LogP contribution in [0.1, 0.15) is 18.7 Å². The van der Waals surface area contributed by atoms with Gasteiger partial charge in [0.1, 0.15) is 6.10 Å². The summed E-state index contributed by atoms with van der Waals surface area (Å²) in [5.74, 6) is 1.93. The van der Waals surface area contributed by atoms with Crippen molar-refractivity contribution in [3.63, 3.8) is 0 Å². The third-order valence-electron chi connectivity index (χ3n) is 2.16. The Bertz CT molecular complexity index is 314. The highest BCUT2D eigenvalue weighted by Crippen LogP contribution is 2.16. The fourth-order valence-corrected chi connectivity index (χ4v) is 2.98. The van der Waals surface area contributed by atoms with Gasteiger partial charge in [-0.15, -0.1) is 11.3 Å².